The van der Waals surface area contributed by atoms with Crippen LogP contribution in [-0.2, 0) is 4.79 Å². The van der Waals surface area contributed by atoms with Gasteiger partial charge in [-0.15, -0.1) is 24.0 Å². The van der Waals surface area contributed by atoms with Crippen molar-refractivity contribution in [3.8, 4) is 11.5 Å². The van der Waals surface area contributed by atoms with Crippen LogP contribution in [0.15, 0.2) is 35.3 Å². The van der Waals surface area contributed by atoms with E-state index in [1.807, 2.05) is 13.8 Å². The Morgan fingerprint density at radius 3 is 2.42 bits per heavy atom. The predicted molar refractivity (Wildman–Crippen MR) is 124 cm³/mol. The number of methoxy groups -OCH3 is 1. The molecule has 31 heavy (non-hydrogen) atoms. The van der Waals surface area contributed by atoms with Crippen LogP contribution in [0.25, 0.3) is 0 Å². The van der Waals surface area contributed by atoms with Gasteiger partial charge in [-0.25, -0.2) is 18.2 Å². The fourth-order valence-electron chi connectivity index (χ4n) is 2.43. The minimum atomic E-state index is -1.66. The highest BCUT2D eigenvalue weighted by molar-refractivity contribution is 14.0. The van der Waals surface area contributed by atoms with Crippen molar-refractivity contribution >= 4 is 47.2 Å². The molecule has 0 radical (unpaired) electrons. The number of nitrogens with zero attached hydrogens (tertiary/aromatic N) is 1. The first-order valence-corrected chi connectivity index (χ1v) is 9.19. The molecule has 0 saturated carbocycles. The topological polar surface area (TPSA) is 84.0 Å². The van der Waals surface area contributed by atoms with Gasteiger partial charge in [0.05, 0.1) is 19.4 Å². The standard InChI is InChI=1S/C20H23F3N4O3.HI/c1-4-24-20(26-12-6-9-15(30-5-2)16(10-12)29-3)25-11-17(28)27-14-8-7-13(21)18(22)19(14)23;/h6-10H,4-5,11H2,1-3H3,(H,27,28)(H2,24,25,26);1H. The van der Waals surface area contributed by atoms with Crippen molar-refractivity contribution in [2.24, 2.45) is 4.99 Å². The van der Waals surface area contributed by atoms with Crippen molar-refractivity contribution in [3.63, 3.8) is 0 Å². The predicted octanol–water partition coefficient (Wildman–Crippen LogP) is 4.15. The molecule has 11 heteroatoms. The summed E-state index contributed by atoms with van der Waals surface area (Å²) in [7, 11) is 1.52. The normalized spacial score (nSPS) is 10.7. The van der Waals surface area contributed by atoms with E-state index in [2.05, 4.69) is 20.9 Å². The van der Waals surface area contributed by atoms with E-state index >= 15 is 0 Å². The van der Waals surface area contributed by atoms with Crippen LogP contribution in [0.3, 0.4) is 0 Å². The SMILES string of the molecule is CCNC(=NCC(=O)Nc1ccc(F)c(F)c1F)Nc1ccc(OCC)c(OC)c1.I. The number of amides is 1. The Kier molecular flexibility index (Phi) is 10.9. The smallest absolute Gasteiger partial charge is 0.246 e. The highest BCUT2D eigenvalue weighted by Gasteiger charge is 2.15. The van der Waals surface area contributed by atoms with E-state index in [1.54, 1.807) is 18.2 Å². The monoisotopic (exact) mass is 552 g/mol. The van der Waals surface area contributed by atoms with E-state index in [0.717, 1.165) is 12.1 Å². The summed E-state index contributed by atoms with van der Waals surface area (Å²) < 4.78 is 50.7. The summed E-state index contributed by atoms with van der Waals surface area (Å²) in [5.41, 5.74) is 0.158. The summed E-state index contributed by atoms with van der Waals surface area (Å²) in [6.45, 7) is 4.31. The number of halogens is 4. The lowest BCUT2D eigenvalue weighted by molar-refractivity contribution is -0.114. The van der Waals surface area contributed by atoms with Gasteiger partial charge in [0.25, 0.3) is 0 Å². The van der Waals surface area contributed by atoms with E-state index in [1.165, 1.54) is 7.11 Å². The number of carbonyl (C=O) groups is 1. The fraction of sp³-hybridized carbons (Fsp3) is 0.300. The number of hydrogen-bond donors (Lipinski definition) is 3. The Hall–Kier alpha value is -2.70. The van der Waals surface area contributed by atoms with Crippen LogP contribution in [0.1, 0.15) is 13.8 Å². The zero-order valence-corrected chi connectivity index (χ0v) is 19.6. The molecular formula is C20H24F3IN4O3. The Morgan fingerprint density at radius 2 is 1.77 bits per heavy atom. The minimum absolute atomic E-state index is 0. The van der Waals surface area contributed by atoms with Crippen LogP contribution in [0.2, 0.25) is 0 Å². The maximum absolute atomic E-state index is 13.7. The molecule has 0 atom stereocenters. The molecule has 0 heterocycles. The molecule has 2 rings (SSSR count). The number of ether oxygens (including phenoxy) is 2. The van der Waals surface area contributed by atoms with Crippen LogP contribution in [0.5, 0.6) is 11.5 Å². The molecule has 0 aromatic heterocycles. The number of rotatable bonds is 8. The maximum atomic E-state index is 13.7. The number of nitrogens with one attached hydrogen (secondary N) is 3. The number of benzene rings is 2. The quantitative estimate of drug-likeness (QED) is 0.199. The zero-order valence-electron chi connectivity index (χ0n) is 17.2. The molecule has 0 fully saturated rings. The average Bonchev–Trinajstić information content (AvgIpc) is 2.73. The first kappa shape index (κ1) is 26.3. The van der Waals surface area contributed by atoms with Gasteiger partial charge < -0.3 is 25.4 Å². The number of guanidine groups is 1. The van der Waals surface area contributed by atoms with Gasteiger partial charge in [0.1, 0.15) is 6.54 Å². The molecule has 0 bridgehead atoms. The molecule has 170 valence electrons. The van der Waals surface area contributed by atoms with Crippen molar-refractivity contribution < 1.29 is 27.4 Å². The van der Waals surface area contributed by atoms with Gasteiger partial charge in [-0.05, 0) is 38.1 Å². The molecule has 0 spiro atoms. The van der Waals surface area contributed by atoms with Gasteiger partial charge in [-0.2, -0.15) is 0 Å². The number of carbonyl (C=O) groups excluding carboxylic acids is 1. The second kappa shape index (κ2) is 12.9. The van der Waals surface area contributed by atoms with Crippen molar-refractivity contribution in [2.75, 3.05) is 37.4 Å². The Morgan fingerprint density at radius 1 is 1.03 bits per heavy atom. The lowest BCUT2D eigenvalue weighted by Crippen LogP contribution is -2.32. The lowest BCUT2D eigenvalue weighted by Gasteiger charge is -2.14. The summed E-state index contributed by atoms with van der Waals surface area (Å²) in [5, 5.41) is 8.13. The zero-order chi connectivity index (χ0) is 22.1. The molecule has 0 saturated heterocycles. The second-order valence-electron chi connectivity index (χ2n) is 5.89. The molecule has 0 unspecified atom stereocenters. The number of aliphatic imine (C=N–C) groups is 1. The van der Waals surface area contributed by atoms with Crippen LogP contribution >= 0.6 is 24.0 Å². The fourth-order valence-corrected chi connectivity index (χ4v) is 2.43. The van der Waals surface area contributed by atoms with E-state index < -0.39 is 29.0 Å². The van der Waals surface area contributed by atoms with Gasteiger partial charge in [0.2, 0.25) is 5.91 Å². The number of hydrogen-bond acceptors (Lipinski definition) is 4. The van der Waals surface area contributed by atoms with Crippen LogP contribution in [0.4, 0.5) is 24.5 Å². The van der Waals surface area contributed by atoms with Gasteiger partial charge in [-0.1, -0.05) is 0 Å². The highest BCUT2D eigenvalue weighted by atomic mass is 127. The second-order valence-corrected chi connectivity index (χ2v) is 5.89. The Balaban J connectivity index is 0.00000480. The van der Waals surface area contributed by atoms with Crippen molar-refractivity contribution in [1.29, 1.82) is 0 Å². The molecule has 1 amide bonds. The van der Waals surface area contributed by atoms with Crippen LogP contribution in [0, 0.1) is 17.5 Å². The van der Waals surface area contributed by atoms with Gasteiger partial charge >= 0.3 is 0 Å². The Bertz CT molecular complexity index is 929. The third-order valence-corrected chi connectivity index (χ3v) is 3.76. The Labute approximate surface area is 195 Å². The average molecular weight is 552 g/mol. The lowest BCUT2D eigenvalue weighted by atomic mass is 10.2. The first-order valence-electron chi connectivity index (χ1n) is 9.19. The van der Waals surface area contributed by atoms with Crippen molar-refractivity contribution in [1.82, 2.24) is 5.32 Å². The summed E-state index contributed by atoms with van der Waals surface area (Å²) in [6.07, 6.45) is 0. The summed E-state index contributed by atoms with van der Waals surface area (Å²) >= 11 is 0. The van der Waals surface area contributed by atoms with Gasteiger partial charge in [-0.3, -0.25) is 4.79 Å². The van der Waals surface area contributed by atoms with Crippen molar-refractivity contribution in [2.45, 2.75) is 13.8 Å². The van der Waals surface area contributed by atoms with E-state index in [4.69, 9.17) is 9.47 Å². The van der Waals surface area contributed by atoms with Gasteiger partial charge in [0, 0.05) is 18.3 Å². The summed E-state index contributed by atoms with van der Waals surface area (Å²) in [5.74, 6) is -3.79. The minimum Gasteiger partial charge on any atom is -0.493 e. The highest BCUT2D eigenvalue weighted by Crippen LogP contribution is 2.30. The maximum Gasteiger partial charge on any atom is 0.246 e. The molecule has 2 aromatic carbocycles. The van der Waals surface area contributed by atoms with E-state index in [0.29, 0.717) is 30.3 Å². The summed E-state index contributed by atoms with van der Waals surface area (Å²) in [6, 6.07) is 6.84. The molecule has 0 aliphatic heterocycles. The van der Waals surface area contributed by atoms with E-state index in [-0.39, 0.29) is 36.5 Å². The molecule has 3 N–H and O–H groups in total. The van der Waals surface area contributed by atoms with Crippen LogP contribution in [-0.4, -0.2) is 38.7 Å². The molecule has 0 aliphatic carbocycles. The first-order chi connectivity index (χ1) is 14.4. The van der Waals surface area contributed by atoms with Crippen LogP contribution < -0.4 is 25.4 Å². The third-order valence-electron chi connectivity index (χ3n) is 3.76. The summed E-state index contributed by atoms with van der Waals surface area (Å²) in [4.78, 5) is 16.2. The number of anilines is 2. The van der Waals surface area contributed by atoms with Gasteiger partial charge in [0.15, 0.2) is 34.9 Å². The molecule has 2 aromatic rings. The molecule has 7 nitrogen and oxygen atoms in total. The van der Waals surface area contributed by atoms with Crippen molar-refractivity contribution in [3.05, 3.63) is 47.8 Å². The third kappa shape index (κ3) is 7.49. The van der Waals surface area contributed by atoms with E-state index in [9.17, 15) is 18.0 Å². The largest absolute Gasteiger partial charge is 0.493 e. The molecular weight excluding hydrogens is 528 g/mol. The molecule has 0 aliphatic rings.